The lowest BCUT2D eigenvalue weighted by molar-refractivity contribution is -0.253. The van der Waals surface area contributed by atoms with E-state index in [0.29, 0.717) is 49.3 Å². The number of rotatable bonds is 18. The van der Waals surface area contributed by atoms with Gasteiger partial charge in [-0.3, -0.25) is 24.4 Å². The third kappa shape index (κ3) is 18.3. The van der Waals surface area contributed by atoms with Crippen molar-refractivity contribution in [1.82, 2.24) is 14.8 Å². The minimum Gasteiger partial charge on any atom is -0.459 e. The van der Waals surface area contributed by atoms with Crippen LogP contribution < -0.4 is 14.9 Å². The van der Waals surface area contributed by atoms with Gasteiger partial charge in [-0.1, -0.05) is 101 Å². The quantitative estimate of drug-likeness (QED) is 0.0451. The van der Waals surface area contributed by atoms with E-state index >= 15 is 0 Å². The number of halogens is 9. The van der Waals surface area contributed by atoms with Gasteiger partial charge in [0.05, 0.1) is 32.9 Å². The van der Waals surface area contributed by atoms with Crippen LogP contribution in [0.15, 0.2) is 166 Å². The van der Waals surface area contributed by atoms with Crippen LogP contribution in [0.4, 0.5) is 35.1 Å². The predicted octanol–water partition coefficient (Wildman–Crippen LogP) is 14.0. The maximum absolute atomic E-state index is 14.2. The molecule has 0 bridgehead atoms. The zero-order chi connectivity index (χ0) is 69.5. The number of aromatic nitrogens is 1. The average molecular weight is 1420 g/mol. The van der Waals surface area contributed by atoms with E-state index < -0.39 is 101 Å². The Hall–Kier alpha value is -6.49. The second-order valence-corrected chi connectivity index (χ2v) is 31.4. The van der Waals surface area contributed by atoms with Gasteiger partial charge in [-0.2, -0.15) is 35.1 Å². The van der Waals surface area contributed by atoms with Gasteiger partial charge in [0.25, 0.3) is 0 Å². The molecule has 0 saturated carbocycles. The Bertz CT molecular complexity index is 3710. The standard InChI is InChI=1S/C30H32F4N2O5S.C29H40BNO6S.C8H5BrF4O/c1-28(2,3)41-27(37)29(15-17-36(18-16-29)20-21-7-5-4-6-8-21)42(38,39)24-12-9-22(10-13-24)25-14-11-23(19-35-25)40-30(33,34)26(31)32;1-26(2,3)35-25(32)29(17-19-31(20-18-29)21-22-11-9-8-10-12-22)38(33,34)24-15-13-23(14-16-24)30-36-27(4,5)28(6,7)37-30;9-5-1-3-6(4-2-5)14-8(12,13)7(10)11/h4-14,19,26H,15-18,20H2,1-3H3;8-16H,17-21H2,1-7H3;1-4,7H. The topological polar surface area (TPSA) is 177 Å². The van der Waals surface area contributed by atoms with Crippen LogP contribution in [-0.4, -0.2) is 134 Å². The molecule has 0 N–H and O–H groups in total. The summed E-state index contributed by atoms with van der Waals surface area (Å²) in [6.45, 7) is 21.2. The van der Waals surface area contributed by atoms with Crippen LogP contribution in [-0.2, 0) is 61.1 Å². The monoisotopic (exact) mass is 1420 g/mol. The Labute approximate surface area is 552 Å². The summed E-state index contributed by atoms with van der Waals surface area (Å²) < 4.78 is 184. The molecular weight excluding hydrogens is 1350 g/mol. The molecule has 3 saturated heterocycles. The van der Waals surface area contributed by atoms with Gasteiger partial charge in [-0.05, 0) is 172 Å². The molecule has 0 radical (unpaired) electrons. The largest absolute Gasteiger partial charge is 0.494 e. The molecule has 3 aliphatic heterocycles. The first-order valence-electron chi connectivity index (χ1n) is 30.1. The molecule has 27 heteroatoms. The second kappa shape index (κ2) is 29.5. The highest BCUT2D eigenvalue weighted by molar-refractivity contribution is 9.10. The summed E-state index contributed by atoms with van der Waals surface area (Å²) in [6.07, 6.45) is -15.7. The first kappa shape index (κ1) is 74.9. The SMILES string of the molecule is CC(C)(C)OC(=O)C1(S(=O)(=O)c2ccc(-c3ccc(OC(F)(F)C(F)F)cn3)cc2)CCN(Cc2ccccc2)CC1.CC(C)(C)OC(=O)C1(S(=O)(=O)c2ccc(B3OC(C)(C)C(C)(C)O3)cc2)CCN(Cc2ccccc2)CC1.FC(F)C(F)(F)Oc1ccc(Br)cc1. The third-order valence-corrected chi connectivity index (χ3v) is 21.7. The first-order valence-corrected chi connectivity index (χ1v) is 33.8. The number of hydrogen-bond donors (Lipinski definition) is 0. The fourth-order valence-corrected chi connectivity index (χ4v) is 14.4. The molecule has 0 spiro atoms. The van der Waals surface area contributed by atoms with E-state index in [1.165, 1.54) is 54.6 Å². The molecule has 5 aromatic carbocycles. The molecule has 4 heterocycles. The molecule has 9 rings (SSSR count). The number of esters is 2. The molecular formula is C67H77BBrF8N3O12S2. The van der Waals surface area contributed by atoms with Crippen LogP contribution in [0, 0.1) is 0 Å². The second-order valence-electron chi connectivity index (χ2n) is 26.0. The van der Waals surface area contributed by atoms with Crippen LogP contribution >= 0.6 is 15.9 Å². The zero-order valence-corrected chi connectivity index (χ0v) is 56.9. The van der Waals surface area contributed by atoms with E-state index in [0.717, 1.165) is 28.9 Å². The molecule has 3 aliphatic rings. The van der Waals surface area contributed by atoms with Gasteiger partial charge in [-0.25, -0.2) is 16.8 Å². The lowest BCUT2D eigenvalue weighted by Crippen LogP contribution is -2.56. The van der Waals surface area contributed by atoms with Crippen LogP contribution in [0.3, 0.4) is 0 Å². The molecule has 6 aromatic rings. The van der Waals surface area contributed by atoms with Gasteiger partial charge in [0, 0.05) is 49.3 Å². The van der Waals surface area contributed by atoms with Crippen molar-refractivity contribution >= 4 is 60.1 Å². The molecule has 510 valence electrons. The highest BCUT2D eigenvalue weighted by atomic mass is 79.9. The fourth-order valence-electron chi connectivity index (χ4n) is 10.3. The number of benzene rings is 5. The number of likely N-dealkylation sites (tertiary alicyclic amines) is 2. The highest BCUT2D eigenvalue weighted by Crippen LogP contribution is 2.42. The maximum atomic E-state index is 14.2. The van der Waals surface area contributed by atoms with E-state index in [1.54, 1.807) is 65.8 Å². The van der Waals surface area contributed by atoms with Crippen molar-refractivity contribution in [2.75, 3.05) is 26.2 Å². The van der Waals surface area contributed by atoms with Crippen molar-refractivity contribution in [3.05, 3.63) is 167 Å². The Morgan fingerprint density at radius 2 is 0.904 bits per heavy atom. The van der Waals surface area contributed by atoms with Crippen molar-refractivity contribution < 1.29 is 89.8 Å². The highest BCUT2D eigenvalue weighted by Gasteiger charge is 2.57. The maximum Gasteiger partial charge on any atom is 0.494 e. The lowest BCUT2D eigenvalue weighted by atomic mass is 9.79. The summed E-state index contributed by atoms with van der Waals surface area (Å²) >= 11 is 3.06. The molecule has 0 atom stereocenters. The Morgan fingerprint density at radius 3 is 1.26 bits per heavy atom. The van der Waals surface area contributed by atoms with E-state index in [2.05, 4.69) is 40.2 Å². The Kier molecular flexibility index (Phi) is 23.5. The minimum absolute atomic E-state index is 0.0467. The van der Waals surface area contributed by atoms with Crippen LogP contribution in [0.25, 0.3) is 11.3 Å². The molecule has 0 unspecified atom stereocenters. The number of carbonyl (C=O) groups is 2. The number of hydrogen-bond acceptors (Lipinski definition) is 15. The first-order chi connectivity index (χ1) is 43.6. The van der Waals surface area contributed by atoms with E-state index in [1.807, 2.05) is 88.4 Å². The van der Waals surface area contributed by atoms with E-state index in [-0.39, 0.29) is 46.9 Å². The van der Waals surface area contributed by atoms with Crippen molar-refractivity contribution in [3.8, 4) is 22.8 Å². The Morgan fingerprint density at radius 1 is 0.543 bits per heavy atom. The number of carbonyl (C=O) groups excluding carboxylic acids is 2. The molecule has 1 aromatic heterocycles. The number of sulfone groups is 2. The smallest absolute Gasteiger partial charge is 0.459 e. The van der Waals surface area contributed by atoms with E-state index in [9.17, 15) is 61.5 Å². The number of piperidine rings is 2. The Balaban J connectivity index is 0.000000222. The normalized spacial score (nSPS) is 17.6. The average Bonchev–Trinajstić information content (AvgIpc) is 0.893. The summed E-state index contributed by atoms with van der Waals surface area (Å²) in [6, 6.07) is 39.5. The number of alkyl halides is 8. The number of nitrogens with zero attached hydrogens (tertiary/aromatic N) is 3. The summed E-state index contributed by atoms with van der Waals surface area (Å²) in [5.74, 6) is -2.34. The number of pyridine rings is 1. The van der Waals surface area contributed by atoms with Crippen LogP contribution in [0.1, 0.15) is 106 Å². The van der Waals surface area contributed by atoms with Gasteiger partial charge in [0.1, 0.15) is 22.7 Å². The summed E-state index contributed by atoms with van der Waals surface area (Å²) in [4.78, 5) is 35.4. The summed E-state index contributed by atoms with van der Waals surface area (Å²) in [7, 11) is -8.88. The fraction of sp³-hybridized carbons (Fsp3) is 0.448. The lowest BCUT2D eigenvalue weighted by Gasteiger charge is -2.40. The van der Waals surface area contributed by atoms with Crippen molar-refractivity contribution in [2.45, 2.75) is 175 Å². The molecule has 0 aliphatic carbocycles. The molecule has 3 fully saturated rings. The molecule has 94 heavy (non-hydrogen) atoms. The summed E-state index contributed by atoms with van der Waals surface area (Å²) in [5.41, 5.74) is 0.954. The third-order valence-electron chi connectivity index (χ3n) is 16.1. The van der Waals surface area contributed by atoms with E-state index in [4.69, 9.17) is 18.8 Å². The van der Waals surface area contributed by atoms with Gasteiger partial charge >= 0.3 is 44.1 Å². The van der Waals surface area contributed by atoms with Crippen molar-refractivity contribution in [3.63, 3.8) is 0 Å². The van der Waals surface area contributed by atoms with Crippen LogP contribution in [0.2, 0.25) is 0 Å². The van der Waals surface area contributed by atoms with Crippen molar-refractivity contribution in [1.29, 1.82) is 0 Å². The van der Waals surface area contributed by atoms with Crippen LogP contribution in [0.5, 0.6) is 11.5 Å². The predicted molar refractivity (Wildman–Crippen MR) is 343 cm³/mol. The van der Waals surface area contributed by atoms with Gasteiger partial charge in [0.15, 0.2) is 29.2 Å². The molecule has 15 nitrogen and oxygen atoms in total. The van der Waals surface area contributed by atoms with Gasteiger partial charge in [-0.15, -0.1) is 0 Å². The van der Waals surface area contributed by atoms with Gasteiger partial charge in [0.2, 0.25) is 0 Å². The zero-order valence-electron chi connectivity index (χ0n) is 53.7. The van der Waals surface area contributed by atoms with Gasteiger partial charge < -0.3 is 28.3 Å². The minimum atomic E-state index is -4.67. The number of ether oxygens (including phenoxy) is 4. The van der Waals surface area contributed by atoms with Crippen molar-refractivity contribution in [2.24, 2.45) is 0 Å². The molecule has 0 amide bonds. The summed E-state index contributed by atoms with van der Waals surface area (Å²) in [5, 5.41) is 0.